The van der Waals surface area contributed by atoms with Gasteiger partial charge in [0.15, 0.2) is 16.8 Å². The molecule has 0 amide bonds. The predicted molar refractivity (Wildman–Crippen MR) is 113 cm³/mol. The summed E-state index contributed by atoms with van der Waals surface area (Å²) in [6.45, 7) is 2.69. The first kappa shape index (κ1) is 18.2. The Balaban J connectivity index is 1.59. The van der Waals surface area contributed by atoms with E-state index >= 15 is 0 Å². The molecule has 4 nitrogen and oxygen atoms in total. The molecule has 7 heteroatoms. The lowest BCUT2D eigenvalue weighted by atomic mass is 10.2. The van der Waals surface area contributed by atoms with Gasteiger partial charge in [-0.3, -0.25) is 9.36 Å². The van der Waals surface area contributed by atoms with Crippen molar-refractivity contribution < 1.29 is 4.79 Å². The van der Waals surface area contributed by atoms with Gasteiger partial charge in [-0.15, -0.1) is 32.9 Å². The minimum absolute atomic E-state index is 0.130. The summed E-state index contributed by atoms with van der Waals surface area (Å²) in [5.41, 5.74) is 1.18. The number of carbonyl (C=O) groups excluding carboxylic acids is 1. The van der Waals surface area contributed by atoms with Crippen molar-refractivity contribution in [1.82, 2.24) is 14.8 Å². The van der Waals surface area contributed by atoms with Crippen LogP contribution in [0.1, 0.15) is 20.1 Å². The van der Waals surface area contributed by atoms with Crippen LogP contribution in [0.3, 0.4) is 0 Å². The average Bonchev–Trinajstić information content (AvgIpc) is 3.42. The van der Waals surface area contributed by atoms with Crippen molar-refractivity contribution in [2.45, 2.75) is 18.6 Å². The van der Waals surface area contributed by atoms with E-state index in [1.54, 1.807) is 11.3 Å². The Morgan fingerprint density at radius 1 is 1.07 bits per heavy atom. The van der Waals surface area contributed by atoms with Crippen LogP contribution in [0.4, 0.5) is 0 Å². The molecule has 3 heterocycles. The Kier molecular flexibility index (Phi) is 5.52. The van der Waals surface area contributed by atoms with E-state index in [-0.39, 0.29) is 5.78 Å². The van der Waals surface area contributed by atoms with E-state index in [9.17, 15) is 4.79 Å². The molecule has 0 atom stereocenters. The molecule has 0 aliphatic carbocycles. The first-order valence-electron chi connectivity index (χ1n) is 8.44. The summed E-state index contributed by atoms with van der Waals surface area (Å²) in [4.78, 5) is 15.5. The quantitative estimate of drug-likeness (QED) is 0.302. The smallest absolute Gasteiger partial charge is 0.192 e. The predicted octanol–water partition coefficient (Wildman–Crippen LogP) is 5.40. The third kappa shape index (κ3) is 4.21. The highest BCUT2D eigenvalue weighted by Gasteiger charge is 2.17. The van der Waals surface area contributed by atoms with Crippen molar-refractivity contribution in [2.24, 2.45) is 0 Å². The van der Waals surface area contributed by atoms with Gasteiger partial charge in [0, 0.05) is 4.88 Å². The van der Waals surface area contributed by atoms with Crippen molar-refractivity contribution in [2.75, 3.05) is 5.75 Å². The van der Waals surface area contributed by atoms with E-state index in [0.717, 1.165) is 25.6 Å². The van der Waals surface area contributed by atoms with Gasteiger partial charge in [0.25, 0.3) is 0 Å². The van der Waals surface area contributed by atoms with Gasteiger partial charge in [0.1, 0.15) is 0 Å². The highest BCUT2D eigenvalue weighted by atomic mass is 32.2. The molecule has 27 heavy (non-hydrogen) atoms. The fourth-order valence-electron chi connectivity index (χ4n) is 2.68. The molecule has 0 spiro atoms. The SMILES string of the molecule is Cc1ccc(C(=O)CSc2nnc(-c3cccs3)n2Cc2ccccc2)s1. The molecule has 136 valence electrons. The van der Waals surface area contributed by atoms with Crippen LogP contribution < -0.4 is 0 Å². The highest BCUT2D eigenvalue weighted by Crippen LogP contribution is 2.29. The van der Waals surface area contributed by atoms with Crippen LogP contribution in [0, 0.1) is 6.92 Å². The van der Waals surface area contributed by atoms with Gasteiger partial charge >= 0.3 is 0 Å². The van der Waals surface area contributed by atoms with Gasteiger partial charge in [-0.1, -0.05) is 48.2 Å². The van der Waals surface area contributed by atoms with E-state index < -0.39 is 0 Å². The van der Waals surface area contributed by atoms with Crippen molar-refractivity contribution in [3.8, 4) is 10.7 Å². The van der Waals surface area contributed by atoms with Gasteiger partial charge in [-0.2, -0.15) is 0 Å². The Bertz CT molecular complexity index is 1040. The normalized spacial score (nSPS) is 11.0. The standard InChI is InChI=1S/C20H17N3OS3/c1-14-9-10-17(27-14)16(24)13-26-20-22-21-19(18-8-5-11-25-18)23(20)12-15-6-3-2-4-7-15/h2-11H,12-13H2,1H3. The van der Waals surface area contributed by atoms with Gasteiger partial charge < -0.3 is 0 Å². The van der Waals surface area contributed by atoms with Crippen molar-refractivity contribution >= 4 is 40.2 Å². The average molecular weight is 412 g/mol. The maximum atomic E-state index is 12.5. The van der Waals surface area contributed by atoms with Crippen LogP contribution in [0.5, 0.6) is 0 Å². The number of rotatable bonds is 7. The molecule has 0 bridgehead atoms. The summed E-state index contributed by atoms with van der Waals surface area (Å²) >= 11 is 4.62. The number of aryl methyl sites for hydroxylation is 1. The summed E-state index contributed by atoms with van der Waals surface area (Å²) in [6, 6.07) is 18.2. The number of carbonyl (C=O) groups is 1. The highest BCUT2D eigenvalue weighted by molar-refractivity contribution is 7.99. The number of Topliss-reactive ketones (excluding diaryl/α,β-unsaturated/α-hetero) is 1. The Morgan fingerprint density at radius 2 is 1.93 bits per heavy atom. The van der Waals surface area contributed by atoms with Gasteiger partial charge in [-0.05, 0) is 36.1 Å². The zero-order valence-corrected chi connectivity index (χ0v) is 17.1. The summed E-state index contributed by atoms with van der Waals surface area (Å²) in [5.74, 6) is 1.33. The van der Waals surface area contributed by atoms with Crippen LogP contribution >= 0.6 is 34.4 Å². The first-order valence-corrected chi connectivity index (χ1v) is 11.1. The number of hydrogen-bond donors (Lipinski definition) is 0. The third-order valence-corrected chi connectivity index (χ3v) is 6.86. The number of hydrogen-bond acceptors (Lipinski definition) is 6. The van der Waals surface area contributed by atoms with Crippen LogP contribution in [0.25, 0.3) is 10.7 Å². The Hall–Kier alpha value is -2.22. The van der Waals surface area contributed by atoms with Crippen molar-refractivity contribution in [3.05, 3.63) is 75.3 Å². The molecule has 0 saturated heterocycles. The molecule has 1 aromatic carbocycles. The zero-order chi connectivity index (χ0) is 18.6. The lowest BCUT2D eigenvalue weighted by Crippen LogP contribution is -2.06. The second-order valence-corrected chi connectivity index (χ2v) is 9.16. The monoisotopic (exact) mass is 411 g/mol. The number of benzene rings is 1. The first-order chi connectivity index (χ1) is 13.2. The number of nitrogens with zero attached hydrogens (tertiary/aromatic N) is 3. The maximum absolute atomic E-state index is 12.5. The molecule has 0 unspecified atom stereocenters. The van der Waals surface area contributed by atoms with Crippen LogP contribution in [-0.4, -0.2) is 26.3 Å². The number of thioether (sulfide) groups is 1. The molecular formula is C20H17N3OS3. The van der Waals surface area contributed by atoms with Gasteiger partial charge in [-0.25, -0.2) is 0 Å². The van der Waals surface area contributed by atoms with Crippen LogP contribution in [-0.2, 0) is 6.54 Å². The molecule has 0 radical (unpaired) electrons. The van der Waals surface area contributed by atoms with Gasteiger partial charge in [0.05, 0.1) is 22.1 Å². The summed E-state index contributed by atoms with van der Waals surface area (Å²) < 4.78 is 2.10. The largest absolute Gasteiger partial charge is 0.297 e. The molecule has 0 saturated carbocycles. The second-order valence-electron chi connectivity index (χ2n) is 5.98. The lowest BCUT2D eigenvalue weighted by molar-refractivity contribution is 0.102. The van der Waals surface area contributed by atoms with Crippen LogP contribution in [0.15, 0.2) is 65.1 Å². The van der Waals surface area contributed by atoms with Gasteiger partial charge in [0.2, 0.25) is 0 Å². The van der Waals surface area contributed by atoms with Crippen molar-refractivity contribution in [1.29, 1.82) is 0 Å². The molecule has 0 N–H and O–H groups in total. The minimum Gasteiger partial charge on any atom is -0.297 e. The van der Waals surface area contributed by atoms with E-state index in [1.165, 1.54) is 28.7 Å². The fourth-order valence-corrected chi connectivity index (χ4v) is 5.11. The fraction of sp³-hybridized carbons (Fsp3) is 0.150. The summed E-state index contributed by atoms with van der Waals surface area (Å²) in [6.07, 6.45) is 0. The topological polar surface area (TPSA) is 47.8 Å². The summed E-state index contributed by atoms with van der Waals surface area (Å²) in [5, 5.41) is 11.6. The van der Waals surface area contributed by atoms with E-state index in [2.05, 4.69) is 26.9 Å². The second kappa shape index (κ2) is 8.21. The molecule has 0 fully saturated rings. The number of ketones is 1. The van der Waals surface area contributed by atoms with E-state index in [0.29, 0.717) is 12.3 Å². The van der Waals surface area contributed by atoms with E-state index in [4.69, 9.17) is 0 Å². The number of aromatic nitrogens is 3. The van der Waals surface area contributed by atoms with E-state index in [1.807, 2.05) is 54.8 Å². The molecule has 4 rings (SSSR count). The minimum atomic E-state index is 0.130. The molecule has 0 aliphatic heterocycles. The molecule has 3 aromatic heterocycles. The third-order valence-electron chi connectivity index (χ3n) is 3.99. The molecule has 0 aliphatic rings. The Morgan fingerprint density at radius 3 is 2.63 bits per heavy atom. The lowest BCUT2D eigenvalue weighted by Gasteiger charge is -2.09. The van der Waals surface area contributed by atoms with Crippen molar-refractivity contribution in [3.63, 3.8) is 0 Å². The molecular weight excluding hydrogens is 394 g/mol. The number of thiophene rings is 2. The Labute approximate surface area is 169 Å². The zero-order valence-electron chi connectivity index (χ0n) is 14.7. The molecule has 4 aromatic rings. The maximum Gasteiger partial charge on any atom is 0.192 e. The summed E-state index contributed by atoms with van der Waals surface area (Å²) in [7, 11) is 0. The van der Waals surface area contributed by atoms with Crippen LogP contribution in [0.2, 0.25) is 0 Å².